The summed E-state index contributed by atoms with van der Waals surface area (Å²) in [5, 5.41) is 9.43. The third kappa shape index (κ3) is 2.96. The van der Waals surface area contributed by atoms with Crippen LogP contribution in [-0.4, -0.2) is 11.0 Å². The van der Waals surface area contributed by atoms with E-state index in [2.05, 4.69) is 0 Å². The van der Waals surface area contributed by atoms with E-state index in [0.717, 1.165) is 12.1 Å². The van der Waals surface area contributed by atoms with E-state index in [1.807, 2.05) is 0 Å². The van der Waals surface area contributed by atoms with Crippen LogP contribution in [0, 0.1) is 5.82 Å². The van der Waals surface area contributed by atoms with E-state index in [9.17, 15) is 27.5 Å². The quantitative estimate of drug-likeness (QED) is 0.836. The lowest BCUT2D eigenvalue weighted by Crippen LogP contribution is -2.11. The van der Waals surface area contributed by atoms with Crippen molar-refractivity contribution >= 4 is 5.91 Å². The van der Waals surface area contributed by atoms with Gasteiger partial charge in [0.1, 0.15) is 11.6 Å². The fourth-order valence-corrected chi connectivity index (χ4v) is 1.82. The van der Waals surface area contributed by atoms with Gasteiger partial charge in [0.05, 0.1) is 11.1 Å². The molecule has 0 radical (unpaired) electrons. The molecule has 0 aliphatic carbocycles. The molecule has 110 valence electrons. The van der Waals surface area contributed by atoms with Crippen LogP contribution in [0.4, 0.5) is 17.6 Å². The monoisotopic (exact) mass is 299 g/mol. The van der Waals surface area contributed by atoms with Crippen molar-refractivity contribution in [3.8, 4) is 16.9 Å². The number of carbonyl (C=O) groups is 1. The van der Waals surface area contributed by atoms with Crippen LogP contribution in [0.25, 0.3) is 11.1 Å². The Balaban J connectivity index is 2.61. The van der Waals surface area contributed by atoms with E-state index in [0.29, 0.717) is 18.2 Å². The summed E-state index contributed by atoms with van der Waals surface area (Å²) >= 11 is 0. The molecule has 0 saturated heterocycles. The van der Waals surface area contributed by atoms with E-state index < -0.39 is 29.2 Å². The van der Waals surface area contributed by atoms with Gasteiger partial charge in [-0.25, -0.2) is 4.39 Å². The maximum atomic E-state index is 13.7. The van der Waals surface area contributed by atoms with Crippen molar-refractivity contribution in [1.82, 2.24) is 0 Å². The Bertz CT molecular complexity index is 711. The Morgan fingerprint density at radius 1 is 1.10 bits per heavy atom. The zero-order valence-corrected chi connectivity index (χ0v) is 10.4. The van der Waals surface area contributed by atoms with Gasteiger partial charge in [-0.05, 0) is 35.9 Å². The number of hydrogen-bond acceptors (Lipinski definition) is 2. The summed E-state index contributed by atoms with van der Waals surface area (Å²) in [6.07, 6.45) is -4.62. The number of benzene rings is 2. The summed E-state index contributed by atoms with van der Waals surface area (Å²) in [7, 11) is 0. The summed E-state index contributed by atoms with van der Waals surface area (Å²) in [5.74, 6) is -2.29. The number of nitrogens with two attached hydrogens (primary N) is 1. The van der Waals surface area contributed by atoms with Gasteiger partial charge in [-0.3, -0.25) is 4.79 Å². The molecule has 0 aliphatic rings. The maximum Gasteiger partial charge on any atom is 0.416 e. The van der Waals surface area contributed by atoms with Crippen LogP contribution in [0.1, 0.15) is 15.9 Å². The topological polar surface area (TPSA) is 63.3 Å². The number of amides is 1. The number of halogens is 4. The molecule has 2 rings (SSSR count). The normalized spacial score (nSPS) is 11.4. The molecule has 3 nitrogen and oxygen atoms in total. The fraction of sp³-hybridized carbons (Fsp3) is 0.0714. The van der Waals surface area contributed by atoms with Gasteiger partial charge in [-0.15, -0.1) is 0 Å². The van der Waals surface area contributed by atoms with Crippen LogP contribution in [0.3, 0.4) is 0 Å². The van der Waals surface area contributed by atoms with Gasteiger partial charge in [0.2, 0.25) is 0 Å². The highest BCUT2D eigenvalue weighted by Gasteiger charge is 2.31. The van der Waals surface area contributed by atoms with Gasteiger partial charge in [-0.2, -0.15) is 13.2 Å². The zero-order valence-electron chi connectivity index (χ0n) is 10.4. The van der Waals surface area contributed by atoms with Crippen molar-refractivity contribution in [2.45, 2.75) is 6.18 Å². The van der Waals surface area contributed by atoms with Crippen molar-refractivity contribution < 1.29 is 27.5 Å². The van der Waals surface area contributed by atoms with E-state index in [1.54, 1.807) is 0 Å². The molecule has 1 amide bonds. The average molecular weight is 299 g/mol. The van der Waals surface area contributed by atoms with Gasteiger partial charge in [0, 0.05) is 5.56 Å². The number of phenols is 1. The number of alkyl halides is 3. The largest absolute Gasteiger partial charge is 0.507 e. The second-order valence-electron chi connectivity index (χ2n) is 4.29. The molecular weight excluding hydrogens is 290 g/mol. The van der Waals surface area contributed by atoms with E-state index in [1.165, 1.54) is 6.07 Å². The molecule has 0 atom stereocenters. The molecule has 0 spiro atoms. The van der Waals surface area contributed by atoms with Crippen LogP contribution in [0.5, 0.6) is 5.75 Å². The Morgan fingerprint density at radius 3 is 2.33 bits per heavy atom. The zero-order chi connectivity index (χ0) is 15.8. The molecule has 0 aliphatic heterocycles. The predicted molar refractivity (Wildman–Crippen MR) is 67.0 cm³/mol. The van der Waals surface area contributed by atoms with Gasteiger partial charge >= 0.3 is 6.18 Å². The fourth-order valence-electron chi connectivity index (χ4n) is 1.82. The van der Waals surface area contributed by atoms with Crippen LogP contribution in [0.15, 0.2) is 36.4 Å². The first-order chi connectivity index (χ1) is 9.70. The van der Waals surface area contributed by atoms with Crippen LogP contribution < -0.4 is 5.73 Å². The molecule has 0 aromatic heterocycles. The van der Waals surface area contributed by atoms with E-state index >= 15 is 0 Å². The smallest absolute Gasteiger partial charge is 0.416 e. The number of aromatic hydroxyl groups is 1. The molecule has 2 aromatic carbocycles. The minimum absolute atomic E-state index is 0.00481. The van der Waals surface area contributed by atoms with E-state index in [-0.39, 0.29) is 16.7 Å². The van der Waals surface area contributed by atoms with Crippen molar-refractivity contribution in [2.75, 3.05) is 0 Å². The lowest BCUT2D eigenvalue weighted by Gasteiger charge is -2.11. The van der Waals surface area contributed by atoms with Crippen LogP contribution in [0.2, 0.25) is 0 Å². The molecule has 0 unspecified atom stereocenters. The van der Waals surface area contributed by atoms with Crippen LogP contribution in [-0.2, 0) is 6.18 Å². The Kier molecular flexibility index (Phi) is 3.59. The average Bonchev–Trinajstić information content (AvgIpc) is 2.38. The highest BCUT2D eigenvalue weighted by atomic mass is 19.4. The molecule has 21 heavy (non-hydrogen) atoms. The first kappa shape index (κ1) is 14.8. The van der Waals surface area contributed by atoms with Crippen molar-refractivity contribution in [1.29, 1.82) is 0 Å². The second-order valence-corrected chi connectivity index (χ2v) is 4.29. The minimum Gasteiger partial charge on any atom is -0.507 e. The molecule has 0 bridgehead atoms. The lowest BCUT2D eigenvalue weighted by atomic mass is 9.99. The number of rotatable bonds is 2. The highest BCUT2D eigenvalue weighted by Crippen LogP contribution is 2.34. The van der Waals surface area contributed by atoms with Gasteiger partial charge < -0.3 is 10.8 Å². The number of hydrogen-bond donors (Lipinski definition) is 2. The molecular formula is C14H9F4NO2. The van der Waals surface area contributed by atoms with Gasteiger partial charge in [0.25, 0.3) is 5.91 Å². The standard InChI is InChI=1S/C14H9F4NO2/c15-11-3-2-8(14(16,17)18)6-9(11)7-1-4-12(20)10(5-7)13(19)21/h1-6,20H,(H2,19,21). The van der Waals surface area contributed by atoms with Crippen molar-refractivity contribution in [2.24, 2.45) is 5.73 Å². The first-order valence-electron chi connectivity index (χ1n) is 5.70. The summed E-state index contributed by atoms with van der Waals surface area (Å²) in [6.45, 7) is 0. The second kappa shape index (κ2) is 5.08. The Morgan fingerprint density at radius 2 is 1.76 bits per heavy atom. The van der Waals surface area contributed by atoms with Gasteiger partial charge in [-0.1, -0.05) is 6.07 Å². The molecule has 0 fully saturated rings. The molecule has 3 N–H and O–H groups in total. The summed E-state index contributed by atoms with van der Waals surface area (Å²) in [4.78, 5) is 11.1. The van der Waals surface area contributed by atoms with Crippen LogP contribution >= 0.6 is 0 Å². The summed E-state index contributed by atoms with van der Waals surface area (Å²) in [6, 6.07) is 5.24. The van der Waals surface area contributed by atoms with E-state index in [4.69, 9.17) is 5.73 Å². The van der Waals surface area contributed by atoms with Crippen molar-refractivity contribution in [3.05, 3.63) is 53.3 Å². The number of carbonyl (C=O) groups excluding carboxylic acids is 1. The molecule has 7 heteroatoms. The third-order valence-corrected chi connectivity index (χ3v) is 2.87. The predicted octanol–water partition coefficient (Wildman–Crippen LogP) is 3.32. The first-order valence-corrected chi connectivity index (χ1v) is 5.70. The van der Waals surface area contributed by atoms with Crippen molar-refractivity contribution in [3.63, 3.8) is 0 Å². The molecule has 2 aromatic rings. The molecule has 0 saturated carbocycles. The highest BCUT2D eigenvalue weighted by molar-refractivity contribution is 5.96. The lowest BCUT2D eigenvalue weighted by molar-refractivity contribution is -0.137. The third-order valence-electron chi connectivity index (χ3n) is 2.87. The summed E-state index contributed by atoms with van der Waals surface area (Å²) < 4.78 is 51.7. The number of primary amides is 1. The summed E-state index contributed by atoms with van der Waals surface area (Å²) in [5.41, 5.74) is 3.37. The van der Waals surface area contributed by atoms with Gasteiger partial charge in [0.15, 0.2) is 0 Å². The Labute approximate surface area is 116 Å². The minimum atomic E-state index is -4.62. The Hall–Kier alpha value is -2.57. The molecule has 0 heterocycles. The maximum absolute atomic E-state index is 13.7. The SMILES string of the molecule is NC(=O)c1cc(-c2cc(C(F)(F)F)ccc2F)ccc1O.